The zero-order valence-electron chi connectivity index (χ0n) is 10.9. The van der Waals surface area contributed by atoms with E-state index in [1.807, 2.05) is 13.1 Å². The fraction of sp³-hybridized carbons (Fsp3) is 0.571. The van der Waals surface area contributed by atoms with Gasteiger partial charge in [-0.25, -0.2) is 4.39 Å². The van der Waals surface area contributed by atoms with Gasteiger partial charge >= 0.3 is 0 Å². The lowest BCUT2D eigenvalue weighted by atomic mass is 10.0. The normalized spacial score (nSPS) is 16.8. The molecule has 1 saturated heterocycles. The molecule has 0 unspecified atom stereocenters. The van der Waals surface area contributed by atoms with Gasteiger partial charge in [0.15, 0.2) is 0 Å². The molecule has 0 amide bonds. The first-order valence-corrected chi connectivity index (χ1v) is 6.52. The van der Waals surface area contributed by atoms with Gasteiger partial charge in [0, 0.05) is 37.6 Å². The predicted octanol–water partition coefficient (Wildman–Crippen LogP) is 1.94. The van der Waals surface area contributed by atoms with Crippen LogP contribution in [0.25, 0.3) is 0 Å². The van der Waals surface area contributed by atoms with Crippen molar-refractivity contribution < 1.29 is 9.13 Å². The second-order valence-corrected chi connectivity index (χ2v) is 4.73. The molecule has 3 nitrogen and oxygen atoms in total. The number of nitrogens with two attached hydrogens (primary N) is 1. The van der Waals surface area contributed by atoms with Gasteiger partial charge in [-0.05, 0) is 37.9 Å². The molecule has 1 fully saturated rings. The average Bonchev–Trinajstić information content (AvgIpc) is 2.41. The minimum atomic E-state index is -0.156. The van der Waals surface area contributed by atoms with Crippen LogP contribution in [-0.4, -0.2) is 32.8 Å². The van der Waals surface area contributed by atoms with Crippen LogP contribution in [0.3, 0.4) is 0 Å². The molecule has 0 bridgehead atoms. The highest BCUT2D eigenvalue weighted by Gasteiger charge is 2.21. The third kappa shape index (κ3) is 2.82. The highest BCUT2D eigenvalue weighted by atomic mass is 19.1. The molecular weight excluding hydrogens is 231 g/mol. The SMILES string of the molecule is CN(c1cccc(F)c1CCN)C1CCOCC1. The van der Waals surface area contributed by atoms with Crippen molar-refractivity contribution in [2.45, 2.75) is 25.3 Å². The molecule has 1 aromatic carbocycles. The van der Waals surface area contributed by atoms with Crippen molar-refractivity contribution in [1.29, 1.82) is 0 Å². The Hall–Kier alpha value is -1.13. The molecule has 1 heterocycles. The number of halogens is 1. The molecule has 0 radical (unpaired) electrons. The first kappa shape index (κ1) is 13.3. The molecule has 4 heteroatoms. The average molecular weight is 252 g/mol. The van der Waals surface area contributed by atoms with Crippen LogP contribution in [0.15, 0.2) is 18.2 Å². The molecule has 0 aliphatic carbocycles. The Bertz CT molecular complexity index is 391. The van der Waals surface area contributed by atoms with E-state index in [2.05, 4.69) is 4.90 Å². The topological polar surface area (TPSA) is 38.5 Å². The van der Waals surface area contributed by atoms with Gasteiger partial charge < -0.3 is 15.4 Å². The number of benzene rings is 1. The number of nitrogens with zero attached hydrogens (tertiary/aromatic N) is 1. The monoisotopic (exact) mass is 252 g/mol. The van der Waals surface area contributed by atoms with E-state index < -0.39 is 0 Å². The fourth-order valence-corrected chi connectivity index (χ4v) is 2.54. The number of anilines is 1. The van der Waals surface area contributed by atoms with E-state index in [1.165, 1.54) is 6.07 Å². The van der Waals surface area contributed by atoms with Crippen LogP contribution < -0.4 is 10.6 Å². The van der Waals surface area contributed by atoms with E-state index >= 15 is 0 Å². The number of hydrogen-bond acceptors (Lipinski definition) is 3. The third-order valence-corrected chi connectivity index (χ3v) is 3.61. The minimum absolute atomic E-state index is 0.156. The molecule has 18 heavy (non-hydrogen) atoms. The molecule has 1 aromatic rings. The van der Waals surface area contributed by atoms with Crippen LogP contribution >= 0.6 is 0 Å². The zero-order chi connectivity index (χ0) is 13.0. The van der Waals surface area contributed by atoms with Crippen LogP contribution in [0.4, 0.5) is 10.1 Å². The molecular formula is C14H21FN2O. The summed E-state index contributed by atoms with van der Waals surface area (Å²) in [6.07, 6.45) is 2.57. The Morgan fingerprint density at radius 1 is 1.39 bits per heavy atom. The third-order valence-electron chi connectivity index (χ3n) is 3.61. The Balaban J connectivity index is 2.22. The Morgan fingerprint density at radius 2 is 2.11 bits per heavy atom. The minimum Gasteiger partial charge on any atom is -0.381 e. The van der Waals surface area contributed by atoms with E-state index in [-0.39, 0.29) is 5.82 Å². The van der Waals surface area contributed by atoms with Crippen molar-refractivity contribution in [2.24, 2.45) is 5.73 Å². The first-order chi connectivity index (χ1) is 8.74. The van der Waals surface area contributed by atoms with Crippen molar-refractivity contribution in [3.8, 4) is 0 Å². The summed E-state index contributed by atoms with van der Waals surface area (Å²) in [7, 11) is 2.03. The molecule has 0 saturated carbocycles. The quantitative estimate of drug-likeness (QED) is 0.890. The maximum atomic E-state index is 13.9. The van der Waals surface area contributed by atoms with E-state index in [4.69, 9.17) is 10.5 Å². The predicted molar refractivity (Wildman–Crippen MR) is 71.4 cm³/mol. The van der Waals surface area contributed by atoms with Gasteiger partial charge in [0.05, 0.1) is 0 Å². The van der Waals surface area contributed by atoms with Crippen molar-refractivity contribution in [3.63, 3.8) is 0 Å². The molecule has 0 spiro atoms. The summed E-state index contributed by atoms with van der Waals surface area (Å²) >= 11 is 0. The summed E-state index contributed by atoms with van der Waals surface area (Å²) in [6, 6.07) is 5.67. The van der Waals surface area contributed by atoms with Crippen LogP contribution in [0, 0.1) is 5.82 Å². The zero-order valence-corrected chi connectivity index (χ0v) is 10.9. The fourth-order valence-electron chi connectivity index (χ4n) is 2.54. The number of hydrogen-bond donors (Lipinski definition) is 1. The molecule has 100 valence electrons. The number of ether oxygens (including phenoxy) is 1. The summed E-state index contributed by atoms with van der Waals surface area (Å²) in [5, 5.41) is 0. The summed E-state index contributed by atoms with van der Waals surface area (Å²) in [5.74, 6) is -0.156. The summed E-state index contributed by atoms with van der Waals surface area (Å²) in [4.78, 5) is 2.18. The van der Waals surface area contributed by atoms with Gasteiger partial charge in [0.25, 0.3) is 0 Å². The van der Waals surface area contributed by atoms with E-state index in [0.29, 0.717) is 19.0 Å². The Morgan fingerprint density at radius 3 is 2.78 bits per heavy atom. The van der Waals surface area contributed by atoms with Gasteiger partial charge in [-0.15, -0.1) is 0 Å². The van der Waals surface area contributed by atoms with E-state index in [9.17, 15) is 4.39 Å². The van der Waals surface area contributed by atoms with Gasteiger partial charge in [-0.2, -0.15) is 0 Å². The smallest absolute Gasteiger partial charge is 0.128 e. The molecule has 1 aliphatic heterocycles. The summed E-state index contributed by atoms with van der Waals surface area (Å²) < 4.78 is 19.2. The Kier molecular flexibility index (Phi) is 4.55. The van der Waals surface area contributed by atoms with Crippen molar-refractivity contribution in [1.82, 2.24) is 0 Å². The van der Waals surface area contributed by atoms with Crippen LogP contribution in [-0.2, 0) is 11.2 Å². The standard InChI is InChI=1S/C14H21FN2O/c1-17(11-6-9-18-10-7-11)14-4-2-3-13(15)12(14)5-8-16/h2-4,11H,5-10,16H2,1H3. The Labute approximate surface area is 108 Å². The maximum absolute atomic E-state index is 13.9. The van der Waals surface area contributed by atoms with Gasteiger partial charge in [-0.3, -0.25) is 0 Å². The lowest BCUT2D eigenvalue weighted by Crippen LogP contribution is -2.37. The van der Waals surface area contributed by atoms with Crippen LogP contribution in [0.5, 0.6) is 0 Å². The molecule has 1 aliphatic rings. The van der Waals surface area contributed by atoms with Crippen LogP contribution in [0.2, 0.25) is 0 Å². The molecule has 0 aromatic heterocycles. The van der Waals surface area contributed by atoms with E-state index in [0.717, 1.165) is 37.3 Å². The summed E-state index contributed by atoms with van der Waals surface area (Å²) in [5.41, 5.74) is 7.27. The van der Waals surface area contributed by atoms with E-state index in [1.54, 1.807) is 6.07 Å². The molecule has 2 rings (SSSR count). The lowest BCUT2D eigenvalue weighted by molar-refractivity contribution is 0.0854. The summed E-state index contributed by atoms with van der Waals surface area (Å²) in [6.45, 7) is 2.04. The molecule has 2 N–H and O–H groups in total. The highest BCUT2D eigenvalue weighted by molar-refractivity contribution is 5.54. The highest BCUT2D eigenvalue weighted by Crippen LogP contribution is 2.27. The van der Waals surface area contributed by atoms with Gasteiger partial charge in [0.2, 0.25) is 0 Å². The lowest BCUT2D eigenvalue weighted by Gasteiger charge is -2.34. The largest absolute Gasteiger partial charge is 0.381 e. The maximum Gasteiger partial charge on any atom is 0.128 e. The first-order valence-electron chi connectivity index (χ1n) is 6.52. The second kappa shape index (κ2) is 6.16. The van der Waals surface area contributed by atoms with Gasteiger partial charge in [0.1, 0.15) is 5.82 Å². The number of rotatable bonds is 4. The van der Waals surface area contributed by atoms with Gasteiger partial charge in [-0.1, -0.05) is 6.07 Å². The van der Waals surface area contributed by atoms with Crippen molar-refractivity contribution in [3.05, 3.63) is 29.6 Å². The van der Waals surface area contributed by atoms with Crippen LogP contribution in [0.1, 0.15) is 18.4 Å². The van der Waals surface area contributed by atoms with Crippen molar-refractivity contribution in [2.75, 3.05) is 31.7 Å². The molecule has 0 atom stereocenters. The second-order valence-electron chi connectivity index (χ2n) is 4.73. The van der Waals surface area contributed by atoms with Crippen molar-refractivity contribution >= 4 is 5.69 Å².